The zero-order valence-electron chi connectivity index (χ0n) is 13.9. The summed E-state index contributed by atoms with van der Waals surface area (Å²) in [6.07, 6.45) is 5.87. The molecule has 1 saturated heterocycles. The average molecular weight is 338 g/mol. The molecule has 1 aliphatic rings. The Bertz CT molecular complexity index is 643. The van der Waals surface area contributed by atoms with Gasteiger partial charge in [-0.15, -0.1) is 0 Å². The highest BCUT2D eigenvalue weighted by atomic mass is 32.2. The van der Waals surface area contributed by atoms with Crippen molar-refractivity contribution in [3.8, 4) is 0 Å². The predicted molar refractivity (Wildman–Crippen MR) is 91.4 cm³/mol. The SMILES string of the molecule is CC1CCCCN1CCCNC(=O)c1cccc(S(C)(=O)=O)c1. The maximum atomic E-state index is 12.1. The van der Waals surface area contributed by atoms with Gasteiger partial charge in [0.15, 0.2) is 9.84 Å². The third-order valence-electron chi connectivity index (χ3n) is 4.37. The molecule has 1 unspecified atom stereocenters. The highest BCUT2D eigenvalue weighted by Gasteiger charge is 2.17. The molecule has 1 aliphatic heterocycles. The largest absolute Gasteiger partial charge is 0.352 e. The van der Waals surface area contributed by atoms with Crippen molar-refractivity contribution in [2.45, 2.75) is 43.5 Å². The van der Waals surface area contributed by atoms with Crippen LogP contribution in [0.1, 0.15) is 43.0 Å². The van der Waals surface area contributed by atoms with Gasteiger partial charge >= 0.3 is 0 Å². The molecule has 1 aromatic carbocycles. The molecule has 1 fully saturated rings. The molecule has 6 heteroatoms. The Labute approximate surface area is 139 Å². The highest BCUT2D eigenvalue weighted by Crippen LogP contribution is 2.16. The number of rotatable bonds is 6. The molecule has 23 heavy (non-hydrogen) atoms. The fourth-order valence-electron chi connectivity index (χ4n) is 2.94. The molecule has 0 aliphatic carbocycles. The summed E-state index contributed by atoms with van der Waals surface area (Å²) in [5.41, 5.74) is 0.388. The van der Waals surface area contributed by atoms with Crippen molar-refractivity contribution in [2.24, 2.45) is 0 Å². The smallest absolute Gasteiger partial charge is 0.251 e. The van der Waals surface area contributed by atoms with Crippen LogP contribution in [-0.2, 0) is 9.84 Å². The number of carbonyl (C=O) groups is 1. The van der Waals surface area contributed by atoms with Crippen LogP contribution in [0.4, 0.5) is 0 Å². The fourth-order valence-corrected chi connectivity index (χ4v) is 3.61. The number of piperidine rings is 1. The third-order valence-corrected chi connectivity index (χ3v) is 5.48. The molecule has 1 amide bonds. The number of hydrogen-bond donors (Lipinski definition) is 1. The number of nitrogens with zero attached hydrogens (tertiary/aromatic N) is 1. The molecular formula is C17H26N2O3S. The molecule has 0 bridgehead atoms. The van der Waals surface area contributed by atoms with Crippen LogP contribution in [0.25, 0.3) is 0 Å². The number of amides is 1. The lowest BCUT2D eigenvalue weighted by Crippen LogP contribution is -2.39. The van der Waals surface area contributed by atoms with Crippen molar-refractivity contribution < 1.29 is 13.2 Å². The lowest BCUT2D eigenvalue weighted by molar-refractivity contribution is 0.0948. The van der Waals surface area contributed by atoms with Crippen molar-refractivity contribution in [3.63, 3.8) is 0 Å². The van der Waals surface area contributed by atoms with Gasteiger partial charge in [0.05, 0.1) is 4.90 Å². The van der Waals surface area contributed by atoms with Gasteiger partial charge in [-0.25, -0.2) is 8.42 Å². The normalized spacial score (nSPS) is 19.5. The van der Waals surface area contributed by atoms with Gasteiger partial charge in [0, 0.05) is 31.0 Å². The van der Waals surface area contributed by atoms with Crippen LogP contribution in [0, 0.1) is 0 Å². The van der Waals surface area contributed by atoms with Crippen molar-refractivity contribution in [1.29, 1.82) is 0 Å². The second-order valence-electron chi connectivity index (χ2n) is 6.29. The van der Waals surface area contributed by atoms with E-state index >= 15 is 0 Å². The summed E-state index contributed by atoms with van der Waals surface area (Å²) in [4.78, 5) is 14.8. The lowest BCUT2D eigenvalue weighted by Gasteiger charge is -2.33. The maximum absolute atomic E-state index is 12.1. The van der Waals surface area contributed by atoms with E-state index in [0.29, 0.717) is 18.2 Å². The van der Waals surface area contributed by atoms with E-state index in [4.69, 9.17) is 0 Å². The summed E-state index contributed by atoms with van der Waals surface area (Å²) >= 11 is 0. The molecule has 1 aromatic rings. The molecule has 1 N–H and O–H groups in total. The molecule has 0 spiro atoms. The Morgan fingerprint density at radius 2 is 2.13 bits per heavy atom. The zero-order valence-corrected chi connectivity index (χ0v) is 14.7. The Morgan fingerprint density at radius 1 is 1.35 bits per heavy atom. The van der Waals surface area contributed by atoms with Gasteiger partial charge in [0.25, 0.3) is 5.91 Å². The molecule has 1 atom stereocenters. The van der Waals surface area contributed by atoms with Crippen molar-refractivity contribution in [1.82, 2.24) is 10.2 Å². The first-order valence-electron chi connectivity index (χ1n) is 8.20. The van der Waals surface area contributed by atoms with Crippen molar-refractivity contribution in [3.05, 3.63) is 29.8 Å². The van der Waals surface area contributed by atoms with Crippen LogP contribution >= 0.6 is 0 Å². The fraction of sp³-hybridized carbons (Fsp3) is 0.588. The predicted octanol–water partition coefficient (Wildman–Crippen LogP) is 2.08. The van der Waals surface area contributed by atoms with Gasteiger partial charge in [-0.2, -0.15) is 0 Å². The first-order chi connectivity index (χ1) is 10.9. The highest BCUT2D eigenvalue weighted by molar-refractivity contribution is 7.90. The molecule has 5 nitrogen and oxygen atoms in total. The van der Waals surface area contributed by atoms with E-state index in [-0.39, 0.29) is 10.8 Å². The third kappa shape index (κ3) is 5.32. The molecule has 1 heterocycles. The zero-order chi connectivity index (χ0) is 16.9. The van der Waals surface area contributed by atoms with Crippen LogP contribution < -0.4 is 5.32 Å². The first-order valence-corrected chi connectivity index (χ1v) is 10.1. The van der Waals surface area contributed by atoms with Gasteiger partial charge < -0.3 is 10.2 Å². The summed E-state index contributed by atoms with van der Waals surface area (Å²) in [7, 11) is -3.29. The number of carbonyl (C=O) groups excluding carboxylic acids is 1. The van der Waals surface area contributed by atoms with Crippen LogP contribution in [-0.4, -0.2) is 51.2 Å². The summed E-state index contributed by atoms with van der Waals surface area (Å²) in [6, 6.07) is 6.80. The summed E-state index contributed by atoms with van der Waals surface area (Å²) < 4.78 is 23.1. The number of sulfone groups is 1. The van der Waals surface area contributed by atoms with Crippen LogP contribution in [0.15, 0.2) is 29.2 Å². The Balaban J connectivity index is 1.81. The van der Waals surface area contributed by atoms with Crippen LogP contribution in [0.2, 0.25) is 0 Å². The van der Waals surface area contributed by atoms with E-state index in [1.807, 2.05) is 0 Å². The summed E-state index contributed by atoms with van der Waals surface area (Å²) in [6.45, 7) is 5.00. The minimum atomic E-state index is -3.29. The molecule has 0 aromatic heterocycles. The van der Waals surface area contributed by atoms with Gasteiger partial charge in [0.2, 0.25) is 0 Å². The topological polar surface area (TPSA) is 66.5 Å². The monoisotopic (exact) mass is 338 g/mol. The first kappa shape index (κ1) is 17.9. The molecule has 2 rings (SSSR count). The second-order valence-corrected chi connectivity index (χ2v) is 8.31. The minimum Gasteiger partial charge on any atom is -0.352 e. The Hall–Kier alpha value is -1.40. The Kier molecular flexibility index (Phi) is 6.18. The molecule has 0 saturated carbocycles. The van der Waals surface area contributed by atoms with E-state index in [0.717, 1.165) is 25.8 Å². The number of benzene rings is 1. The van der Waals surface area contributed by atoms with Crippen LogP contribution in [0.5, 0.6) is 0 Å². The number of nitrogens with one attached hydrogen (secondary N) is 1. The van der Waals surface area contributed by atoms with Crippen molar-refractivity contribution >= 4 is 15.7 Å². The number of hydrogen-bond acceptors (Lipinski definition) is 4. The van der Waals surface area contributed by atoms with Gasteiger partial charge in [0.1, 0.15) is 0 Å². The number of likely N-dealkylation sites (tertiary alicyclic amines) is 1. The Morgan fingerprint density at radius 3 is 2.83 bits per heavy atom. The average Bonchev–Trinajstić information content (AvgIpc) is 2.52. The quantitative estimate of drug-likeness (QED) is 0.807. The van der Waals surface area contributed by atoms with E-state index in [1.165, 1.54) is 31.4 Å². The minimum absolute atomic E-state index is 0.173. The standard InChI is InChI=1S/C17H26N2O3S/c1-14-7-3-4-11-19(14)12-6-10-18-17(20)15-8-5-9-16(13-15)23(2,21)22/h5,8-9,13-14H,3-4,6-7,10-12H2,1-2H3,(H,18,20). The molecule has 128 valence electrons. The van der Waals surface area contributed by atoms with Gasteiger partial charge in [-0.05, 0) is 50.9 Å². The second kappa shape index (κ2) is 7.93. The maximum Gasteiger partial charge on any atom is 0.251 e. The van der Waals surface area contributed by atoms with Gasteiger partial charge in [-0.1, -0.05) is 12.5 Å². The lowest BCUT2D eigenvalue weighted by atomic mass is 10.0. The van der Waals surface area contributed by atoms with E-state index < -0.39 is 9.84 Å². The molecular weight excluding hydrogens is 312 g/mol. The van der Waals surface area contributed by atoms with E-state index in [9.17, 15) is 13.2 Å². The van der Waals surface area contributed by atoms with Gasteiger partial charge in [-0.3, -0.25) is 4.79 Å². The summed E-state index contributed by atoms with van der Waals surface area (Å²) in [5, 5.41) is 2.87. The molecule has 0 radical (unpaired) electrons. The van der Waals surface area contributed by atoms with Crippen molar-refractivity contribution in [2.75, 3.05) is 25.9 Å². The van der Waals surface area contributed by atoms with E-state index in [1.54, 1.807) is 12.1 Å². The van der Waals surface area contributed by atoms with Crippen LogP contribution in [0.3, 0.4) is 0 Å². The van der Waals surface area contributed by atoms with E-state index in [2.05, 4.69) is 17.1 Å². The summed E-state index contributed by atoms with van der Waals surface area (Å²) in [5.74, 6) is -0.220.